The van der Waals surface area contributed by atoms with E-state index in [0.29, 0.717) is 5.41 Å². The van der Waals surface area contributed by atoms with Crippen LogP contribution in [0.3, 0.4) is 0 Å². The minimum absolute atomic E-state index is 0.583. The Morgan fingerprint density at radius 3 is 2.50 bits per heavy atom. The smallest absolute Gasteiger partial charge is 0.00320 e. The molecule has 1 N–H and O–H groups in total. The fraction of sp³-hybridized carbons (Fsp3) is 0.600. The number of hydrogen-bond donors (Lipinski definition) is 1. The van der Waals surface area contributed by atoms with E-state index in [-0.39, 0.29) is 0 Å². The van der Waals surface area contributed by atoms with Crippen LogP contribution in [0.15, 0.2) is 30.3 Å². The van der Waals surface area contributed by atoms with Gasteiger partial charge in [0.2, 0.25) is 0 Å². The Morgan fingerprint density at radius 2 is 1.75 bits per heavy atom. The summed E-state index contributed by atoms with van der Waals surface area (Å²) in [6.45, 7) is 2.43. The van der Waals surface area contributed by atoms with E-state index in [1.165, 1.54) is 45.2 Å². The highest BCUT2D eigenvalue weighted by Crippen LogP contribution is 2.49. The molecule has 1 aromatic rings. The van der Waals surface area contributed by atoms with E-state index in [9.17, 15) is 0 Å². The van der Waals surface area contributed by atoms with Crippen LogP contribution < -0.4 is 5.32 Å². The van der Waals surface area contributed by atoms with Crippen LogP contribution in [0.25, 0.3) is 0 Å². The summed E-state index contributed by atoms with van der Waals surface area (Å²) in [4.78, 5) is 0. The number of hydrogen-bond acceptors (Lipinski definition) is 1. The van der Waals surface area contributed by atoms with Gasteiger partial charge in [0.15, 0.2) is 0 Å². The van der Waals surface area contributed by atoms with Crippen LogP contribution in [0.1, 0.15) is 43.6 Å². The van der Waals surface area contributed by atoms with Gasteiger partial charge in [0.05, 0.1) is 0 Å². The highest BCUT2D eigenvalue weighted by atomic mass is 14.9. The fourth-order valence-corrected chi connectivity index (χ4v) is 3.74. The average molecular weight is 215 g/mol. The maximum absolute atomic E-state index is 3.63. The van der Waals surface area contributed by atoms with Gasteiger partial charge >= 0.3 is 0 Å². The Bertz CT molecular complexity index is 338. The van der Waals surface area contributed by atoms with Crippen molar-refractivity contribution in [1.29, 1.82) is 0 Å². The van der Waals surface area contributed by atoms with E-state index in [1.807, 2.05) is 0 Å². The van der Waals surface area contributed by atoms with Gasteiger partial charge in [-0.1, -0.05) is 49.6 Å². The molecule has 1 heteroatoms. The molecule has 0 radical (unpaired) electrons. The lowest BCUT2D eigenvalue weighted by atomic mass is 9.66. The Hall–Kier alpha value is -0.820. The van der Waals surface area contributed by atoms with Gasteiger partial charge in [-0.05, 0) is 23.8 Å². The number of nitrogens with one attached hydrogen (secondary N) is 1. The van der Waals surface area contributed by atoms with Crippen LogP contribution in [-0.2, 0) is 0 Å². The summed E-state index contributed by atoms with van der Waals surface area (Å²) in [5.41, 5.74) is 2.13. The molecule has 0 amide bonds. The quantitative estimate of drug-likeness (QED) is 0.757. The maximum atomic E-state index is 3.63. The second-order valence-corrected chi connectivity index (χ2v) is 5.52. The molecule has 1 saturated heterocycles. The average Bonchev–Trinajstić information content (AvgIpc) is 2.75. The first-order valence-electron chi connectivity index (χ1n) is 6.66. The zero-order chi connectivity index (χ0) is 10.8. The second-order valence-electron chi connectivity index (χ2n) is 5.52. The van der Waals surface area contributed by atoms with Crippen LogP contribution >= 0.6 is 0 Å². The highest BCUT2D eigenvalue weighted by Gasteiger charge is 2.43. The van der Waals surface area contributed by atoms with E-state index in [2.05, 4.69) is 35.6 Å². The van der Waals surface area contributed by atoms with Gasteiger partial charge in [0, 0.05) is 19.0 Å². The molecule has 1 heterocycles. The van der Waals surface area contributed by atoms with E-state index >= 15 is 0 Å². The van der Waals surface area contributed by atoms with Crippen molar-refractivity contribution in [2.45, 2.75) is 38.0 Å². The summed E-state index contributed by atoms with van der Waals surface area (Å²) in [7, 11) is 0. The SMILES string of the molecule is c1ccc(C2CNCC23CCCCC3)cc1. The monoisotopic (exact) mass is 215 g/mol. The van der Waals surface area contributed by atoms with Crippen LogP contribution in [0.4, 0.5) is 0 Å². The molecule has 1 nitrogen and oxygen atoms in total. The third kappa shape index (κ3) is 1.67. The van der Waals surface area contributed by atoms with Crippen molar-refractivity contribution < 1.29 is 0 Å². The molecule has 2 aliphatic rings. The first-order valence-corrected chi connectivity index (χ1v) is 6.66. The van der Waals surface area contributed by atoms with Crippen LogP contribution in [0, 0.1) is 5.41 Å². The lowest BCUT2D eigenvalue weighted by Crippen LogP contribution is -2.31. The van der Waals surface area contributed by atoms with Crippen molar-refractivity contribution in [3.8, 4) is 0 Å². The van der Waals surface area contributed by atoms with Gasteiger partial charge < -0.3 is 5.32 Å². The summed E-state index contributed by atoms with van der Waals surface area (Å²) < 4.78 is 0. The summed E-state index contributed by atoms with van der Waals surface area (Å²) in [5.74, 6) is 0.758. The molecule has 16 heavy (non-hydrogen) atoms. The molecule has 0 bridgehead atoms. The topological polar surface area (TPSA) is 12.0 Å². The van der Waals surface area contributed by atoms with Crippen molar-refractivity contribution in [2.24, 2.45) is 5.41 Å². The van der Waals surface area contributed by atoms with E-state index in [0.717, 1.165) is 5.92 Å². The third-order valence-electron chi connectivity index (χ3n) is 4.62. The van der Waals surface area contributed by atoms with Gasteiger partial charge in [-0.15, -0.1) is 0 Å². The zero-order valence-electron chi connectivity index (χ0n) is 9.91. The maximum Gasteiger partial charge on any atom is 0.00320 e. The van der Waals surface area contributed by atoms with Gasteiger partial charge in [0.1, 0.15) is 0 Å². The molecule has 1 aliphatic carbocycles. The fourth-order valence-electron chi connectivity index (χ4n) is 3.74. The lowest BCUT2D eigenvalue weighted by Gasteiger charge is -2.38. The molecule has 2 fully saturated rings. The summed E-state index contributed by atoms with van der Waals surface area (Å²) in [5, 5.41) is 3.63. The first-order chi connectivity index (χ1) is 7.91. The Morgan fingerprint density at radius 1 is 1.00 bits per heavy atom. The normalized spacial score (nSPS) is 28.4. The molecule has 1 aromatic carbocycles. The van der Waals surface area contributed by atoms with Crippen molar-refractivity contribution in [3.63, 3.8) is 0 Å². The largest absolute Gasteiger partial charge is 0.316 e. The van der Waals surface area contributed by atoms with Crippen molar-refractivity contribution in [3.05, 3.63) is 35.9 Å². The van der Waals surface area contributed by atoms with E-state index in [4.69, 9.17) is 0 Å². The third-order valence-corrected chi connectivity index (χ3v) is 4.62. The van der Waals surface area contributed by atoms with Crippen LogP contribution in [-0.4, -0.2) is 13.1 Å². The van der Waals surface area contributed by atoms with Gasteiger partial charge in [0.25, 0.3) is 0 Å². The molecule has 86 valence electrons. The van der Waals surface area contributed by atoms with Crippen LogP contribution in [0.2, 0.25) is 0 Å². The lowest BCUT2D eigenvalue weighted by molar-refractivity contribution is 0.189. The predicted octanol–water partition coefficient (Wildman–Crippen LogP) is 3.32. The Balaban J connectivity index is 1.89. The molecule has 1 unspecified atom stereocenters. The Kier molecular flexibility index (Phi) is 2.72. The van der Waals surface area contributed by atoms with Gasteiger partial charge in [-0.2, -0.15) is 0 Å². The zero-order valence-corrected chi connectivity index (χ0v) is 9.91. The molecular formula is C15H21N. The summed E-state index contributed by atoms with van der Waals surface area (Å²) >= 11 is 0. The molecule has 1 aliphatic heterocycles. The molecule has 1 spiro atoms. The molecule has 1 saturated carbocycles. The summed E-state index contributed by atoms with van der Waals surface area (Å²) in [6.07, 6.45) is 7.18. The van der Waals surface area contributed by atoms with E-state index in [1.54, 1.807) is 5.56 Å². The predicted molar refractivity (Wildman–Crippen MR) is 67.6 cm³/mol. The van der Waals surface area contributed by atoms with Gasteiger partial charge in [-0.25, -0.2) is 0 Å². The Labute approximate surface area is 98.3 Å². The molecule has 3 rings (SSSR count). The summed E-state index contributed by atoms with van der Waals surface area (Å²) in [6, 6.07) is 11.1. The van der Waals surface area contributed by atoms with Crippen molar-refractivity contribution >= 4 is 0 Å². The minimum atomic E-state index is 0.583. The molecular weight excluding hydrogens is 194 g/mol. The first kappa shape index (κ1) is 10.3. The van der Waals surface area contributed by atoms with Crippen molar-refractivity contribution in [1.82, 2.24) is 5.32 Å². The highest BCUT2D eigenvalue weighted by molar-refractivity contribution is 5.25. The number of rotatable bonds is 1. The van der Waals surface area contributed by atoms with Crippen LogP contribution in [0.5, 0.6) is 0 Å². The molecule has 1 atom stereocenters. The second kappa shape index (κ2) is 4.21. The number of benzene rings is 1. The minimum Gasteiger partial charge on any atom is -0.316 e. The molecule has 0 aromatic heterocycles. The van der Waals surface area contributed by atoms with Crippen molar-refractivity contribution in [2.75, 3.05) is 13.1 Å². The van der Waals surface area contributed by atoms with Gasteiger partial charge in [-0.3, -0.25) is 0 Å². The van der Waals surface area contributed by atoms with E-state index < -0.39 is 0 Å². The standard InChI is InChI=1S/C15H21N/c1-3-7-13(8-4-1)14-11-16-12-15(14)9-5-2-6-10-15/h1,3-4,7-8,14,16H,2,5-6,9-12H2.